The molecule has 3 heteroatoms. The summed E-state index contributed by atoms with van der Waals surface area (Å²) in [6.07, 6.45) is 4.07. The Hall–Kier alpha value is -0.120. The maximum atomic E-state index is 5.09. The molecule has 0 amide bonds. The quantitative estimate of drug-likeness (QED) is 0.631. The van der Waals surface area contributed by atoms with Crippen molar-refractivity contribution >= 4 is 0 Å². The summed E-state index contributed by atoms with van der Waals surface area (Å²) in [7, 11) is 0. The largest absolute Gasteiger partial charge is 0.378 e. The van der Waals surface area contributed by atoms with E-state index in [4.69, 9.17) is 4.74 Å². The highest BCUT2D eigenvalue weighted by molar-refractivity contribution is 4.79. The summed E-state index contributed by atoms with van der Waals surface area (Å²) in [4.78, 5) is 0. The lowest BCUT2D eigenvalue weighted by molar-refractivity contribution is -0.00605. The van der Waals surface area contributed by atoms with Crippen LogP contribution in [0.25, 0.3) is 0 Å². The van der Waals surface area contributed by atoms with Gasteiger partial charge in [-0.05, 0) is 19.4 Å². The zero-order valence-corrected chi connectivity index (χ0v) is 7.51. The Balaban J connectivity index is 1.58. The highest BCUT2D eigenvalue weighted by atomic mass is 16.5. The molecule has 12 heavy (non-hydrogen) atoms. The maximum Gasteiger partial charge on any atom is 0.0643 e. The first-order valence-electron chi connectivity index (χ1n) is 4.99. The summed E-state index contributed by atoms with van der Waals surface area (Å²) in [5.74, 6) is 0. The van der Waals surface area contributed by atoms with Crippen molar-refractivity contribution in [1.29, 1.82) is 0 Å². The maximum absolute atomic E-state index is 5.09. The third-order valence-corrected chi connectivity index (χ3v) is 2.70. The van der Waals surface area contributed by atoms with Crippen molar-refractivity contribution in [3.63, 3.8) is 0 Å². The molecule has 0 saturated carbocycles. The Morgan fingerprint density at radius 1 is 1.33 bits per heavy atom. The molecule has 1 atom stereocenters. The molecule has 70 valence electrons. The van der Waals surface area contributed by atoms with Crippen LogP contribution < -0.4 is 10.6 Å². The van der Waals surface area contributed by atoms with Gasteiger partial charge in [0.1, 0.15) is 0 Å². The number of rotatable bonds is 3. The Labute approximate surface area is 73.9 Å². The monoisotopic (exact) mass is 170 g/mol. The van der Waals surface area contributed by atoms with Crippen LogP contribution in [0.3, 0.4) is 0 Å². The average molecular weight is 170 g/mol. The lowest BCUT2D eigenvalue weighted by Gasteiger charge is -2.30. The molecular formula is C9H18N2O. The van der Waals surface area contributed by atoms with Gasteiger partial charge in [-0.1, -0.05) is 6.42 Å². The smallest absolute Gasteiger partial charge is 0.0643 e. The molecule has 2 aliphatic rings. The standard InChI is InChI=1S/C9H18N2O/c1-2-4-10-8(3-1)5-11-9-6-12-7-9/h8-11H,1-7H2. The third-order valence-electron chi connectivity index (χ3n) is 2.70. The summed E-state index contributed by atoms with van der Waals surface area (Å²) in [6, 6.07) is 1.34. The normalized spacial score (nSPS) is 31.5. The van der Waals surface area contributed by atoms with Crippen LogP contribution in [0.2, 0.25) is 0 Å². The SMILES string of the molecule is C1CCC(CNC2COC2)NC1. The summed E-state index contributed by atoms with van der Waals surface area (Å²) in [6.45, 7) is 4.14. The Bertz CT molecular complexity index is 130. The number of hydrogen-bond acceptors (Lipinski definition) is 3. The topological polar surface area (TPSA) is 33.3 Å². The predicted molar refractivity (Wildman–Crippen MR) is 48.3 cm³/mol. The van der Waals surface area contributed by atoms with Gasteiger partial charge < -0.3 is 15.4 Å². The van der Waals surface area contributed by atoms with Gasteiger partial charge in [-0.3, -0.25) is 0 Å². The molecule has 0 aromatic rings. The van der Waals surface area contributed by atoms with Gasteiger partial charge in [0.2, 0.25) is 0 Å². The van der Waals surface area contributed by atoms with Crippen LogP contribution in [-0.4, -0.2) is 38.4 Å². The van der Waals surface area contributed by atoms with Crippen molar-refractivity contribution in [3.8, 4) is 0 Å². The highest BCUT2D eigenvalue weighted by Crippen LogP contribution is 2.07. The lowest BCUT2D eigenvalue weighted by atomic mass is 10.0. The summed E-state index contributed by atoms with van der Waals surface area (Å²) in [5.41, 5.74) is 0. The molecule has 2 heterocycles. The van der Waals surface area contributed by atoms with Gasteiger partial charge in [-0.25, -0.2) is 0 Å². The zero-order chi connectivity index (χ0) is 8.23. The van der Waals surface area contributed by atoms with Crippen LogP contribution in [-0.2, 0) is 4.74 Å². The predicted octanol–water partition coefficient (Wildman–Crippen LogP) is 0.117. The molecule has 0 aromatic carbocycles. The molecule has 0 aromatic heterocycles. The molecule has 3 nitrogen and oxygen atoms in total. The number of piperidine rings is 1. The van der Waals surface area contributed by atoms with Crippen molar-refractivity contribution in [2.24, 2.45) is 0 Å². The molecule has 2 aliphatic heterocycles. The average Bonchev–Trinajstić information content (AvgIpc) is 2.04. The molecule has 1 unspecified atom stereocenters. The minimum absolute atomic E-state index is 0.633. The lowest BCUT2D eigenvalue weighted by Crippen LogP contribution is -2.51. The fourth-order valence-electron chi connectivity index (χ4n) is 1.76. The summed E-state index contributed by atoms with van der Waals surface area (Å²) >= 11 is 0. The van der Waals surface area contributed by atoms with Crippen LogP contribution in [0.4, 0.5) is 0 Å². The number of hydrogen-bond donors (Lipinski definition) is 2. The number of nitrogens with one attached hydrogen (secondary N) is 2. The second-order valence-electron chi connectivity index (χ2n) is 3.79. The van der Waals surface area contributed by atoms with Crippen LogP contribution in [0.1, 0.15) is 19.3 Å². The fourth-order valence-corrected chi connectivity index (χ4v) is 1.76. The zero-order valence-electron chi connectivity index (χ0n) is 7.51. The van der Waals surface area contributed by atoms with Gasteiger partial charge in [0.05, 0.1) is 19.3 Å². The second kappa shape index (κ2) is 4.21. The third kappa shape index (κ3) is 2.19. The van der Waals surface area contributed by atoms with Gasteiger partial charge in [0.25, 0.3) is 0 Å². The molecule has 2 fully saturated rings. The first kappa shape index (κ1) is 8.48. The fraction of sp³-hybridized carbons (Fsp3) is 1.00. The molecule has 2 N–H and O–H groups in total. The van der Waals surface area contributed by atoms with Crippen LogP contribution in [0, 0.1) is 0 Å². The van der Waals surface area contributed by atoms with Crippen LogP contribution >= 0.6 is 0 Å². The van der Waals surface area contributed by atoms with Crippen LogP contribution in [0.5, 0.6) is 0 Å². The van der Waals surface area contributed by atoms with E-state index in [9.17, 15) is 0 Å². The van der Waals surface area contributed by atoms with E-state index in [-0.39, 0.29) is 0 Å². The van der Waals surface area contributed by atoms with E-state index >= 15 is 0 Å². The Morgan fingerprint density at radius 3 is 2.83 bits per heavy atom. The van der Waals surface area contributed by atoms with E-state index in [1.165, 1.54) is 25.8 Å². The summed E-state index contributed by atoms with van der Waals surface area (Å²) in [5, 5.41) is 7.02. The van der Waals surface area contributed by atoms with Gasteiger partial charge in [-0.15, -0.1) is 0 Å². The molecule has 0 spiro atoms. The van der Waals surface area contributed by atoms with Crippen molar-refractivity contribution in [1.82, 2.24) is 10.6 Å². The first-order valence-corrected chi connectivity index (χ1v) is 4.99. The van der Waals surface area contributed by atoms with E-state index in [1.54, 1.807) is 0 Å². The second-order valence-corrected chi connectivity index (χ2v) is 3.79. The number of ether oxygens (including phenoxy) is 1. The Kier molecular flexibility index (Phi) is 2.98. The van der Waals surface area contributed by atoms with E-state index in [0.29, 0.717) is 12.1 Å². The first-order chi connectivity index (χ1) is 5.95. The van der Waals surface area contributed by atoms with E-state index in [2.05, 4.69) is 10.6 Å². The van der Waals surface area contributed by atoms with Crippen molar-refractivity contribution in [3.05, 3.63) is 0 Å². The van der Waals surface area contributed by atoms with Gasteiger partial charge in [-0.2, -0.15) is 0 Å². The minimum atomic E-state index is 0.633. The Morgan fingerprint density at radius 2 is 2.25 bits per heavy atom. The van der Waals surface area contributed by atoms with Crippen molar-refractivity contribution < 1.29 is 4.74 Å². The molecule has 0 aliphatic carbocycles. The van der Waals surface area contributed by atoms with E-state index in [0.717, 1.165) is 19.8 Å². The molecule has 2 saturated heterocycles. The molecule has 0 bridgehead atoms. The van der Waals surface area contributed by atoms with Gasteiger partial charge in [0.15, 0.2) is 0 Å². The van der Waals surface area contributed by atoms with Gasteiger partial charge >= 0.3 is 0 Å². The molecule has 2 rings (SSSR count). The van der Waals surface area contributed by atoms with Crippen molar-refractivity contribution in [2.45, 2.75) is 31.3 Å². The van der Waals surface area contributed by atoms with Gasteiger partial charge in [0, 0.05) is 12.6 Å². The van der Waals surface area contributed by atoms with Crippen LogP contribution in [0.15, 0.2) is 0 Å². The highest BCUT2D eigenvalue weighted by Gasteiger charge is 2.19. The van der Waals surface area contributed by atoms with Crippen molar-refractivity contribution in [2.75, 3.05) is 26.3 Å². The minimum Gasteiger partial charge on any atom is -0.378 e. The molecular weight excluding hydrogens is 152 g/mol. The van der Waals surface area contributed by atoms with E-state index in [1.807, 2.05) is 0 Å². The van der Waals surface area contributed by atoms with E-state index < -0.39 is 0 Å². The molecule has 0 radical (unpaired) electrons. The summed E-state index contributed by atoms with van der Waals surface area (Å²) < 4.78 is 5.09.